The molecule has 0 aromatic rings. The molecule has 19 heavy (non-hydrogen) atoms. The van der Waals surface area contributed by atoms with E-state index in [1.807, 2.05) is 0 Å². The molecule has 0 unspecified atom stereocenters. The first kappa shape index (κ1) is 14.8. The summed E-state index contributed by atoms with van der Waals surface area (Å²) in [6, 6.07) is 2.51. The molecule has 0 aromatic carbocycles. The molecule has 108 valence electrons. The topological polar surface area (TPSA) is 53.2 Å². The van der Waals surface area contributed by atoms with Crippen LogP contribution in [0, 0.1) is 22.7 Å². The third kappa shape index (κ3) is 2.66. The minimum Gasteiger partial charge on any atom is -0.388 e. The molecule has 2 aliphatic carbocycles. The number of nitrogens with zero attached hydrogens (tertiary/aromatic N) is 1. The fourth-order valence-electron chi connectivity index (χ4n) is 4.04. The first-order chi connectivity index (χ1) is 9.09. The highest BCUT2D eigenvalue weighted by Gasteiger charge is 2.53. The van der Waals surface area contributed by atoms with Gasteiger partial charge in [0.25, 0.3) is 0 Å². The van der Waals surface area contributed by atoms with Crippen LogP contribution >= 0.6 is 0 Å². The molecular weight excluding hydrogens is 238 g/mol. The zero-order valence-electron chi connectivity index (χ0n) is 12.3. The summed E-state index contributed by atoms with van der Waals surface area (Å²) in [4.78, 5) is 0. The summed E-state index contributed by atoms with van der Waals surface area (Å²) < 4.78 is 5.38. The van der Waals surface area contributed by atoms with E-state index in [1.165, 1.54) is 6.42 Å². The van der Waals surface area contributed by atoms with E-state index in [1.54, 1.807) is 7.11 Å². The van der Waals surface area contributed by atoms with Crippen LogP contribution in [0.25, 0.3) is 0 Å². The number of aliphatic hydroxyl groups is 1. The fourth-order valence-corrected chi connectivity index (χ4v) is 4.04. The normalized spacial score (nSPS) is 43.7. The monoisotopic (exact) mass is 265 g/mol. The number of rotatable bonds is 3. The van der Waals surface area contributed by atoms with E-state index >= 15 is 0 Å². The van der Waals surface area contributed by atoms with Gasteiger partial charge in [-0.15, -0.1) is 0 Å². The Morgan fingerprint density at radius 2 is 1.74 bits per heavy atom. The van der Waals surface area contributed by atoms with Crippen LogP contribution in [-0.2, 0) is 4.74 Å². The highest BCUT2D eigenvalue weighted by molar-refractivity contribution is 5.14. The molecule has 2 fully saturated rings. The van der Waals surface area contributed by atoms with Gasteiger partial charge in [0.05, 0.1) is 23.2 Å². The molecule has 1 N–H and O–H groups in total. The fraction of sp³-hybridized carbons (Fsp3) is 0.938. The van der Waals surface area contributed by atoms with E-state index in [2.05, 4.69) is 13.0 Å². The van der Waals surface area contributed by atoms with E-state index in [-0.39, 0.29) is 6.10 Å². The van der Waals surface area contributed by atoms with Crippen molar-refractivity contribution in [2.24, 2.45) is 11.3 Å². The largest absolute Gasteiger partial charge is 0.388 e. The van der Waals surface area contributed by atoms with Crippen molar-refractivity contribution in [3.63, 3.8) is 0 Å². The van der Waals surface area contributed by atoms with Crippen LogP contribution < -0.4 is 0 Å². The molecule has 2 aliphatic rings. The third-order valence-corrected chi connectivity index (χ3v) is 5.73. The van der Waals surface area contributed by atoms with Gasteiger partial charge in [0.15, 0.2) is 0 Å². The van der Waals surface area contributed by atoms with Gasteiger partial charge in [0.1, 0.15) is 0 Å². The van der Waals surface area contributed by atoms with E-state index in [0.29, 0.717) is 0 Å². The van der Waals surface area contributed by atoms with Crippen LogP contribution in [0.3, 0.4) is 0 Å². The first-order valence-corrected chi connectivity index (χ1v) is 7.75. The Morgan fingerprint density at radius 3 is 2.16 bits per heavy atom. The average molecular weight is 265 g/mol. The molecule has 0 amide bonds. The molecule has 3 heteroatoms. The summed E-state index contributed by atoms with van der Waals surface area (Å²) in [5.74, 6) is 0.750. The highest BCUT2D eigenvalue weighted by Crippen LogP contribution is 2.52. The lowest BCUT2D eigenvalue weighted by molar-refractivity contribution is -0.122. The molecule has 0 atom stereocenters. The Morgan fingerprint density at radius 1 is 1.16 bits per heavy atom. The maximum atomic E-state index is 11.0. The Labute approximate surface area is 117 Å². The molecule has 0 spiro atoms. The first-order valence-electron chi connectivity index (χ1n) is 7.75. The van der Waals surface area contributed by atoms with Crippen LogP contribution in [0.4, 0.5) is 0 Å². The summed E-state index contributed by atoms with van der Waals surface area (Å²) in [6.07, 6.45) is 8.61. The zero-order valence-corrected chi connectivity index (χ0v) is 12.3. The Hall–Kier alpha value is -0.590. The SMILES string of the molecule is CCC1CCC(C#N)(C2(O)CCC(OC)CC2)CC1. The number of hydrogen-bond donors (Lipinski definition) is 1. The van der Waals surface area contributed by atoms with Gasteiger partial charge < -0.3 is 9.84 Å². The number of ether oxygens (including phenoxy) is 1. The second-order valence-electron chi connectivity index (χ2n) is 6.51. The van der Waals surface area contributed by atoms with Gasteiger partial charge in [0.2, 0.25) is 0 Å². The molecule has 0 bridgehead atoms. The minimum atomic E-state index is -0.782. The third-order valence-electron chi connectivity index (χ3n) is 5.73. The Bertz CT molecular complexity index is 331. The molecule has 0 aromatic heterocycles. The molecular formula is C16H27NO2. The smallest absolute Gasteiger partial charge is 0.0860 e. The van der Waals surface area contributed by atoms with Crippen LogP contribution in [0.15, 0.2) is 0 Å². The molecule has 0 radical (unpaired) electrons. The van der Waals surface area contributed by atoms with E-state index < -0.39 is 11.0 Å². The van der Waals surface area contributed by atoms with E-state index in [0.717, 1.165) is 57.3 Å². The lowest BCUT2D eigenvalue weighted by atomic mass is 9.58. The molecule has 2 rings (SSSR count). The van der Waals surface area contributed by atoms with Crippen molar-refractivity contribution in [2.75, 3.05) is 7.11 Å². The summed E-state index contributed by atoms with van der Waals surface area (Å²) in [5.41, 5.74) is -1.28. The second kappa shape index (κ2) is 5.81. The van der Waals surface area contributed by atoms with Crippen LogP contribution in [-0.4, -0.2) is 23.9 Å². The van der Waals surface area contributed by atoms with Gasteiger partial charge in [0, 0.05) is 7.11 Å². The van der Waals surface area contributed by atoms with Crippen molar-refractivity contribution in [3.8, 4) is 6.07 Å². The number of nitriles is 1. The Balaban J connectivity index is 2.08. The summed E-state index contributed by atoms with van der Waals surface area (Å²) in [7, 11) is 1.74. The molecule has 0 saturated heterocycles. The van der Waals surface area contributed by atoms with E-state index in [4.69, 9.17) is 4.74 Å². The lowest BCUT2D eigenvalue weighted by Crippen LogP contribution is -2.52. The van der Waals surface area contributed by atoms with Crippen molar-refractivity contribution in [3.05, 3.63) is 0 Å². The van der Waals surface area contributed by atoms with E-state index in [9.17, 15) is 10.4 Å². The zero-order chi connectivity index (χ0) is 13.9. The van der Waals surface area contributed by atoms with Crippen molar-refractivity contribution < 1.29 is 9.84 Å². The minimum absolute atomic E-state index is 0.267. The van der Waals surface area contributed by atoms with Gasteiger partial charge in [-0.2, -0.15) is 5.26 Å². The maximum Gasteiger partial charge on any atom is 0.0860 e. The van der Waals surface area contributed by atoms with Crippen LogP contribution in [0.1, 0.15) is 64.7 Å². The average Bonchev–Trinajstić information content (AvgIpc) is 2.48. The number of hydrogen-bond acceptors (Lipinski definition) is 3. The number of methoxy groups -OCH3 is 1. The van der Waals surface area contributed by atoms with Crippen LogP contribution in [0.2, 0.25) is 0 Å². The Kier molecular flexibility index (Phi) is 4.53. The predicted molar refractivity (Wildman–Crippen MR) is 74.5 cm³/mol. The second-order valence-corrected chi connectivity index (χ2v) is 6.51. The molecule has 3 nitrogen and oxygen atoms in total. The molecule has 0 aliphatic heterocycles. The highest BCUT2D eigenvalue weighted by atomic mass is 16.5. The lowest BCUT2D eigenvalue weighted by Gasteiger charge is -2.49. The van der Waals surface area contributed by atoms with Gasteiger partial charge in [-0.25, -0.2) is 0 Å². The predicted octanol–water partition coefficient (Wildman–Crippen LogP) is 3.42. The maximum absolute atomic E-state index is 11.0. The molecule has 0 heterocycles. The van der Waals surface area contributed by atoms with Gasteiger partial charge in [-0.3, -0.25) is 0 Å². The van der Waals surface area contributed by atoms with Gasteiger partial charge >= 0.3 is 0 Å². The van der Waals surface area contributed by atoms with Crippen molar-refractivity contribution in [1.82, 2.24) is 0 Å². The van der Waals surface area contributed by atoms with Gasteiger partial charge in [-0.05, 0) is 57.3 Å². The standard InChI is InChI=1S/C16H27NO2/c1-3-13-4-8-15(12-17,9-5-13)16(18)10-6-14(19-2)7-11-16/h13-14,18H,3-11H2,1-2H3. The summed E-state index contributed by atoms with van der Waals surface area (Å²) >= 11 is 0. The van der Waals surface area contributed by atoms with Crippen molar-refractivity contribution in [1.29, 1.82) is 5.26 Å². The summed E-state index contributed by atoms with van der Waals surface area (Å²) in [6.45, 7) is 2.22. The van der Waals surface area contributed by atoms with Crippen molar-refractivity contribution in [2.45, 2.75) is 76.4 Å². The van der Waals surface area contributed by atoms with Gasteiger partial charge in [-0.1, -0.05) is 13.3 Å². The quantitative estimate of drug-likeness (QED) is 0.850. The van der Waals surface area contributed by atoms with Crippen molar-refractivity contribution >= 4 is 0 Å². The molecule has 2 saturated carbocycles. The summed E-state index contributed by atoms with van der Waals surface area (Å²) in [5, 5.41) is 20.7. The van der Waals surface area contributed by atoms with Crippen LogP contribution in [0.5, 0.6) is 0 Å².